The summed E-state index contributed by atoms with van der Waals surface area (Å²) < 4.78 is 39.4. The van der Waals surface area contributed by atoms with Gasteiger partial charge in [0.2, 0.25) is 10.0 Å². The van der Waals surface area contributed by atoms with Crippen LogP contribution < -0.4 is 15.4 Å². The highest BCUT2D eigenvalue weighted by molar-refractivity contribution is 7.89. The third-order valence-corrected chi connectivity index (χ3v) is 8.19. The molecule has 0 spiro atoms. The summed E-state index contributed by atoms with van der Waals surface area (Å²) in [5.41, 5.74) is 1.02. The van der Waals surface area contributed by atoms with Gasteiger partial charge in [-0.1, -0.05) is 31.0 Å². The van der Waals surface area contributed by atoms with Gasteiger partial charge in [-0.3, -0.25) is 9.20 Å². The van der Waals surface area contributed by atoms with Crippen LogP contribution >= 0.6 is 0 Å². The van der Waals surface area contributed by atoms with Gasteiger partial charge in [0.25, 0.3) is 0 Å². The van der Waals surface area contributed by atoms with Crippen LogP contribution in [0.2, 0.25) is 0 Å². The molecule has 1 aliphatic rings. The van der Waals surface area contributed by atoms with Crippen LogP contribution in [0.3, 0.4) is 0 Å². The highest BCUT2D eigenvalue weighted by Gasteiger charge is 2.26. The second-order valence-corrected chi connectivity index (χ2v) is 11.0. The highest BCUT2D eigenvalue weighted by Crippen LogP contribution is 2.23. The Morgan fingerprint density at radius 1 is 1.21 bits per heavy atom. The van der Waals surface area contributed by atoms with Crippen LogP contribution in [0.4, 0.5) is 0 Å². The van der Waals surface area contributed by atoms with Crippen molar-refractivity contribution < 1.29 is 12.6 Å². The minimum absolute atomic E-state index is 0.222. The van der Waals surface area contributed by atoms with Gasteiger partial charge in [-0.05, 0) is 45.2 Å². The number of aryl methyl sites for hydroxylation is 1. The molecule has 9 heteroatoms. The lowest BCUT2D eigenvalue weighted by Gasteiger charge is -2.30. The van der Waals surface area contributed by atoms with Crippen molar-refractivity contribution in [2.24, 2.45) is 4.99 Å². The molecule has 3 atom stereocenters. The maximum absolute atomic E-state index is 12.3. The molecule has 0 radical (unpaired) electrons. The SMILES string of the molecule is CCNC(=NCCNS(=O)(=O)c1ccc(C)cc1)NC1CCCC(S(=O)CC)C1. The molecule has 0 heterocycles. The zero-order chi connectivity index (χ0) is 21.3. The number of rotatable bonds is 9. The van der Waals surface area contributed by atoms with Gasteiger partial charge in [0.15, 0.2) is 5.96 Å². The van der Waals surface area contributed by atoms with Gasteiger partial charge >= 0.3 is 0 Å². The number of benzene rings is 1. The molecule has 0 aromatic heterocycles. The third-order valence-electron chi connectivity index (χ3n) is 4.97. The van der Waals surface area contributed by atoms with E-state index in [2.05, 4.69) is 20.3 Å². The van der Waals surface area contributed by atoms with Crippen LogP contribution in [0, 0.1) is 6.92 Å². The van der Waals surface area contributed by atoms with E-state index >= 15 is 0 Å². The van der Waals surface area contributed by atoms with Gasteiger partial charge in [0.05, 0.1) is 11.4 Å². The van der Waals surface area contributed by atoms with Gasteiger partial charge in [-0.15, -0.1) is 0 Å². The Labute approximate surface area is 177 Å². The molecule has 1 fully saturated rings. The van der Waals surface area contributed by atoms with Gasteiger partial charge in [-0.2, -0.15) is 0 Å². The summed E-state index contributed by atoms with van der Waals surface area (Å²) in [5, 5.41) is 6.88. The molecule has 3 N–H and O–H groups in total. The number of hydrogen-bond donors (Lipinski definition) is 3. The Hall–Kier alpha value is -1.45. The predicted molar refractivity (Wildman–Crippen MR) is 120 cm³/mol. The smallest absolute Gasteiger partial charge is 0.240 e. The molecule has 0 saturated heterocycles. The zero-order valence-corrected chi connectivity index (χ0v) is 19.2. The summed E-state index contributed by atoms with van der Waals surface area (Å²) in [6.07, 6.45) is 3.99. The summed E-state index contributed by atoms with van der Waals surface area (Å²) >= 11 is 0. The number of hydrogen-bond acceptors (Lipinski definition) is 4. The van der Waals surface area contributed by atoms with Gasteiger partial charge in [0, 0.05) is 40.9 Å². The molecule has 1 aromatic carbocycles. The van der Waals surface area contributed by atoms with Crippen LogP contribution in [-0.4, -0.2) is 55.3 Å². The first-order chi connectivity index (χ1) is 13.9. The number of sulfonamides is 1. The highest BCUT2D eigenvalue weighted by atomic mass is 32.2. The van der Waals surface area contributed by atoms with E-state index in [1.807, 2.05) is 20.8 Å². The molecule has 1 saturated carbocycles. The minimum atomic E-state index is -3.53. The number of aliphatic imine (C=N–C) groups is 1. The fourth-order valence-corrected chi connectivity index (χ4v) is 5.78. The first-order valence-electron chi connectivity index (χ1n) is 10.3. The van der Waals surface area contributed by atoms with E-state index < -0.39 is 20.8 Å². The van der Waals surface area contributed by atoms with E-state index in [1.54, 1.807) is 24.3 Å². The Bertz CT molecular complexity index is 794. The number of nitrogens with one attached hydrogen (secondary N) is 3. The van der Waals surface area contributed by atoms with Crippen LogP contribution in [0.15, 0.2) is 34.2 Å². The van der Waals surface area contributed by atoms with E-state index in [0.717, 1.165) is 37.8 Å². The maximum atomic E-state index is 12.3. The van der Waals surface area contributed by atoms with Crippen molar-refractivity contribution in [1.29, 1.82) is 0 Å². The van der Waals surface area contributed by atoms with E-state index in [0.29, 0.717) is 18.3 Å². The molecule has 1 aromatic rings. The van der Waals surface area contributed by atoms with Crippen molar-refractivity contribution in [1.82, 2.24) is 15.4 Å². The first-order valence-corrected chi connectivity index (χ1v) is 13.2. The molecular formula is C20H34N4O3S2. The Balaban J connectivity index is 1.88. The molecule has 0 bridgehead atoms. The van der Waals surface area contributed by atoms with E-state index in [9.17, 15) is 12.6 Å². The van der Waals surface area contributed by atoms with Crippen LogP contribution in [0.1, 0.15) is 45.1 Å². The van der Waals surface area contributed by atoms with Crippen LogP contribution in [0.25, 0.3) is 0 Å². The largest absolute Gasteiger partial charge is 0.357 e. The summed E-state index contributed by atoms with van der Waals surface area (Å²) in [6.45, 7) is 7.15. The predicted octanol–water partition coefficient (Wildman–Crippen LogP) is 1.91. The Kier molecular flexibility index (Phi) is 9.58. The lowest BCUT2D eigenvalue weighted by molar-refractivity contribution is 0.413. The summed E-state index contributed by atoms with van der Waals surface area (Å²) in [4.78, 5) is 4.76. The maximum Gasteiger partial charge on any atom is 0.240 e. The van der Waals surface area contributed by atoms with Crippen LogP contribution in [-0.2, 0) is 20.8 Å². The lowest BCUT2D eigenvalue weighted by Crippen LogP contribution is -2.47. The average Bonchev–Trinajstić information content (AvgIpc) is 2.71. The quantitative estimate of drug-likeness (QED) is 0.308. The Morgan fingerprint density at radius 3 is 2.59 bits per heavy atom. The number of guanidine groups is 1. The molecule has 7 nitrogen and oxygen atoms in total. The van der Waals surface area contributed by atoms with Crippen LogP contribution in [0.5, 0.6) is 0 Å². The second kappa shape index (κ2) is 11.7. The summed E-state index contributed by atoms with van der Waals surface area (Å²) in [5.74, 6) is 1.38. The Morgan fingerprint density at radius 2 is 1.93 bits per heavy atom. The van der Waals surface area contributed by atoms with Crippen molar-refractivity contribution in [3.05, 3.63) is 29.8 Å². The molecular weight excluding hydrogens is 408 g/mol. The minimum Gasteiger partial charge on any atom is -0.357 e. The fraction of sp³-hybridized carbons (Fsp3) is 0.650. The van der Waals surface area contributed by atoms with Crippen molar-refractivity contribution in [2.75, 3.05) is 25.4 Å². The molecule has 29 heavy (non-hydrogen) atoms. The van der Waals surface area contributed by atoms with Gasteiger partial charge in [-0.25, -0.2) is 13.1 Å². The standard InChI is InChI=1S/C20H34N4O3S2/c1-4-21-20(24-17-7-6-8-18(15-17)28(25)5-2)22-13-14-23-29(26,27)19-11-9-16(3)10-12-19/h9-12,17-18,23H,4-8,13-15H2,1-3H3,(H2,21,22,24). The number of nitrogens with zero attached hydrogens (tertiary/aromatic N) is 1. The summed E-state index contributed by atoms with van der Waals surface area (Å²) in [7, 11) is -4.29. The van der Waals surface area contributed by atoms with Crippen molar-refractivity contribution in [2.45, 2.75) is 62.6 Å². The van der Waals surface area contributed by atoms with Crippen molar-refractivity contribution in [3.8, 4) is 0 Å². The lowest BCUT2D eigenvalue weighted by atomic mass is 9.95. The zero-order valence-electron chi connectivity index (χ0n) is 17.6. The molecule has 0 amide bonds. The first kappa shape index (κ1) is 23.8. The molecule has 0 aliphatic heterocycles. The molecule has 164 valence electrons. The van der Waals surface area contributed by atoms with E-state index in [-0.39, 0.29) is 22.7 Å². The van der Waals surface area contributed by atoms with Crippen molar-refractivity contribution >= 4 is 26.8 Å². The monoisotopic (exact) mass is 442 g/mol. The van der Waals surface area contributed by atoms with E-state index in [1.165, 1.54) is 0 Å². The van der Waals surface area contributed by atoms with Crippen molar-refractivity contribution in [3.63, 3.8) is 0 Å². The fourth-order valence-electron chi connectivity index (χ4n) is 3.41. The molecule has 2 rings (SSSR count). The second-order valence-electron chi connectivity index (χ2n) is 7.27. The average molecular weight is 443 g/mol. The third kappa shape index (κ3) is 7.71. The topological polar surface area (TPSA) is 99.7 Å². The van der Waals surface area contributed by atoms with E-state index in [4.69, 9.17) is 0 Å². The van der Waals surface area contributed by atoms with Gasteiger partial charge in [0.1, 0.15) is 0 Å². The summed E-state index contributed by atoms with van der Waals surface area (Å²) in [6, 6.07) is 7.01. The molecule has 3 unspecified atom stereocenters. The molecule has 1 aliphatic carbocycles. The van der Waals surface area contributed by atoms with Gasteiger partial charge < -0.3 is 10.6 Å². The normalized spacial score (nSPS) is 21.6.